The van der Waals surface area contributed by atoms with Crippen LogP contribution in [0.4, 0.5) is 0 Å². The minimum atomic E-state index is -0.176. The molecule has 1 aromatic heterocycles. The molecule has 8 heteroatoms. The molecular formula is C13H12BrN5OS. The topological polar surface area (TPSA) is 85.8 Å². The first-order valence-corrected chi connectivity index (χ1v) is 7.69. The number of hydrogen-bond acceptors (Lipinski definition) is 5. The third-order valence-corrected chi connectivity index (χ3v) is 3.90. The van der Waals surface area contributed by atoms with Crippen molar-refractivity contribution in [2.45, 2.75) is 5.16 Å². The third kappa shape index (κ3) is 4.00. The van der Waals surface area contributed by atoms with Crippen molar-refractivity contribution in [3.8, 4) is 23.7 Å². The number of nitrogens with two attached hydrogens (primary N) is 1. The fourth-order valence-electron chi connectivity index (χ4n) is 1.53. The molecule has 0 saturated carbocycles. The van der Waals surface area contributed by atoms with Crippen LogP contribution in [-0.4, -0.2) is 33.1 Å². The van der Waals surface area contributed by atoms with Crippen molar-refractivity contribution < 1.29 is 4.79 Å². The van der Waals surface area contributed by atoms with Gasteiger partial charge in [-0.2, -0.15) is 0 Å². The van der Waals surface area contributed by atoms with Crippen LogP contribution in [0.25, 0.3) is 11.4 Å². The molecule has 0 radical (unpaired) electrons. The lowest BCUT2D eigenvalue weighted by atomic mass is 10.2. The number of thioether (sulfide) groups is 1. The van der Waals surface area contributed by atoms with Gasteiger partial charge in [-0.3, -0.25) is 4.79 Å². The monoisotopic (exact) mass is 365 g/mol. The normalized spacial score (nSPS) is 10.1. The summed E-state index contributed by atoms with van der Waals surface area (Å²) in [5.41, 5.74) is 0.836. The molecule has 6 nitrogen and oxygen atoms in total. The van der Waals surface area contributed by atoms with Gasteiger partial charge in [0.05, 0.1) is 12.3 Å². The van der Waals surface area contributed by atoms with Crippen LogP contribution in [-0.2, 0) is 4.79 Å². The average molecular weight is 366 g/mol. The Morgan fingerprint density at radius 1 is 1.52 bits per heavy atom. The zero-order chi connectivity index (χ0) is 15.2. The van der Waals surface area contributed by atoms with E-state index in [2.05, 4.69) is 37.4 Å². The van der Waals surface area contributed by atoms with Crippen LogP contribution in [0.3, 0.4) is 0 Å². The van der Waals surface area contributed by atoms with Crippen LogP contribution in [0.15, 0.2) is 33.9 Å². The summed E-state index contributed by atoms with van der Waals surface area (Å²) < 4.78 is 2.28. The Kier molecular flexibility index (Phi) is 5.25. The first-order valence-electron chi connectivity index (χ1n) is 5.91. The number of terminal acetylenes is 1. The molecule has 1 amide bonds. The predicted molar refractivity (Wildman–Crippen MR) is 85.9 cm³/mol. The highest BCUT2D eigenvalue weighted by Crippen LogP contribution is 2.23. The Morgan fingerprint density at radius 2 is 2.33 bits per heavy atom. The molecule has 0 atom stereocenters. The molecule has 21 heavy (non-hydrogen) atoms. The highest BCUT2D eigenvalue weighted by molar-refractivity contribution is 9.10. The lowest BCUT2D eigenvalue weighted by Gasteiger charge is -2.04. The van der Waals surface area contributed by atoms with Gasteiger partial charge < -0.3 is 11.2 Å². The maximum atomic E-state index is 11.5. The zero-order valence-corrected chi connectivity index (χ0v) is 13.3. The van der Waals surface area contributed by atoms with Crippen molar-refractivity contribution >= 4 is 33.6 Å². The number of rotatable bonds is 5. The van der Waals surface area contributed by atoms with Gasteiger partial charge in [0.1, 0.15) is 0 Å². The smallest absolute Gasteiger partial charge is 0.231 e. The molecule has 2 rings (SSSR count). The molecule has 108 valence electrons. The Bertz CT molecular complexity index is 694. The molecule has 1 aromatic carbocycles. The number of amides is 1. The van der Waals surface area contributed by atoms with E-state index >= 15 is 0 Å². The molecule has 2 aromatic rings. The molecule has 0 aliphatic carbocycles. The SMILES string of the molecule is C#CCNC(=O)CSc1nnc(-c2cccc(Br)c2)n1N. The van der Waals surface area contributed by atoms with Crippen LogP contribution in [0.1, 0.15) is 0 Å². The predicted octanol–water partition coefficient (Wildman–Crippen LogP) is 1.26. The fourth-order valence-corrected chi connectivity index (χ4v) is 2.62. The minimum absolute atomic E-state index is 0.176. The second-order valence-electron chi connectivity index (χ2n) is 3.96. The Labute approximate surface area is 134 Å². The minimum Gasteiger partial charge on any atom is -0.344 e. The summed E-state index contributed by atoms with van der Waals surface area (Å²) in [6, 6.07) is 7.56. The zero-order valence-electron chi connectivity index (χ0n) is 10.9. The van der Waals surface area contributed by atoms with Crippen LogP contribution < -0.4 is 11.2 Å². The van der Waals surface area contributed by atoms with Gasteiger partial charge in [0.25, 0.3) is 0 Å². The first-order chi connectivity index (χ1) is 10.1. The molecule has 0 fully saturated rings. The van der Waals surface area contributed by atoms with E-state index in [9.17, 15) is 4.79 Å². The molecule has 0 unspecified atom stereocenters. The van der Waals surface area contributed by atoms with E-state index in [0.29, 0.717) is 11.0 Å². The lowest BCUT2D eigenvalue weighted by molar-refractivity contribution is -0.118. The van der Waals surface area contributed by atoms with E-state index in [-0.39, 0.29) is 18.2 Å². The second kappa shape index (κ2) is 7.15. The van der Waals surface area contributed by atoms with Crippen molar-refractivity contribution in [3.63, 3.8) is 0 Å². The van der Waals surface area contributed by atoms with Crippen molar-refractivity contribution in [1.29, 1.82) is 0 Å². The summed E-state index contributed by atoms with van der Waals surface area (Å²) in [7, 11) is 0. The second-order valence-corrected chi connectivity index (χ2v) is 5.81. The van der Waals surface area contributed by atoms with Gasteiger partial charge in [0, 0.05) is 10.0 Å². The van der Waals surface area contributed by atoms with Crippen LogP contribution in [0, 0.1) is 12.3 Å². The lowest BCUT2D eigenvalue weighted by Crippen LogP contribution is -2.25. The average Bonchev–Trinajstić information content (AvgIpc) is 2.84. The van der Waals surface area contributed by atoms with Gasteiger partial charge in [-0.05, 0) is 12.1 Å². The number of carbonyl (C=O) groups excluding carboxylic acids is 1. The standard InChI is InChI=1S/C13H12BrN5OS/c1-2-6-16-11(20)8-21-13-18-17-12(19(13)15)9-4-3-5-10(14)7-9/h1,3-5,7H,6,8,15H2,(H,16,20). The van der Waals surface area contributed by atoms with E-state index < -0.39 is 0 Å². The summed E-state index contributed by atoms with van der Waals surface area (Å²) >= 11 is 4.59. The maximum Gasteiger partial charge on any atom is 0.231 e. The number of hydrogen-bond donors (Lipinski definition) is 2. The molecule has 1 heterocycles. The molecule has 0 spiro atoms. The van der Waals surface area contributed by atoms with Crippen LogP contribution in [0.5, 0.6) is 0 Å². The molecule has 0 aliphatic rings. The van der Waals surface area contributed by atoms with E-state index in [4.69, 9.17) is 12.3 Å². The number of nitrogens with zero attached hydrogens (tertiary/aromatic N) is 3. The number of nitrogens with one attached hydrogen (secondary N) is 1. The van der Waals surface area contributed by atoms with Gasteiger partial charge in [-0.15, -0.1) is 16.6 Å². The van der Waals surface area contributed by atoms with Gasteiger partial charge in [0.15, 0.2) is 5.82 Å². The Balaban J connectivity index is 2.07. The summed E-state index contributed by atoms with van der Waals surface area (Å²) in [5, 5.41) is 11.1. The molecule has 0 aliphatic heterocycles. The maximum absolute atomic E-state index is 11.5. The Hall–Kier alpha value is -1.98. The highest BCUT2D eigenvalue weighted by Gasteiger charge is 2.13. The highest BCUT2D eigenvalue weighted by atomic mass is 79.9. The van der Waals surface area contributed by atoms with E-state index in [1.807, 2.05) is 24.3 Å². The Morgan fingerprint density at radius 3 is 3.05 bits per heavy atom. The number of halogens is 1. The largest absolute Gasteiger partial charge is 0.344 e. The van der Waals surface area contributed by atoms with Gasteiger partial charge >= 0.3 is 0 Å². The van der Waals surface area contributed by atoms with E-state index in [0.717, 1.165) is 10.0 Å². The van der Waals surface area contributed by atoms with Crippen molar-refractivity contribution in [2.24, 2.45) is 0 Å². The van der Waals surface area contributed by atoms with Crippen molar-refractivity contribution in [3.05, 3.63) is 28.7 Å². The number of nitrogen functional groups attached to an aromatic ring is 1. The van der Waals surface area contributed by atoms with Gasteiger partial charge in [-0.25, -0.2) is 4.68 Å². The summed E-state index contributed by atoms with van der Waals surface area (Å²) in [4.78, 5) is 11.5. The number of carbonyl (C=O) groups is 1. The fraction of sp³-hybridized carbons (Fsp3) is 0.154. The molecule has 0 bridgehead atoms. The molecular weight excluding hydrogens is 354 g/mol. The molecule has 0 saturated heterocycles. The van der Waals surface area contributed by atoms with Crippen molar-refractivity contribution in [2.75, 3.05) is 18.1 Å². The quantitative estimate of drug-likeness (QED) is 0.473. The van der Waals surface area contributed by atoms with E-state index in [1.165, 1.54) is 16.4 Å². The van der Waals surface area contributed by atoms with Crippen LogP contribution >= 0.6 is 27.7 Å². The summed E-state index contributed by atoms with van der Waals surface area (Å²) in [6.07, 6.45) is 5.07. The third-order valence-electron chi connectivity index (χ3n) is 2.47. The summed E-state index contributed by atoms with van der Waals surface area (Å²) in [5.74, 6) is 8.83. The van der Waals surface area contributed by atoms with E-state index in [1.54, 1.807) is 0 Å². The summed E-state index contributed by atoms with van der Waals surface area (Å²) in [6.45, 7) is 0.206. The van der Waals surface area contributed by atoms with Gasteiger partial charge in [-0.1, -0.05) is 45.7 Å². The molecule has 3 N–H and O–H groups in total. The van der Waals surface area contributed by atoms with Gasteiger partial charge in [0.2, 0.25) is 11.1 Å². The first kappa shape index (κ1) is 15.4. The van der Waals surface area contributed by atoms with Crippen LogP contribution in [0.2, 0.25) is 0 Å². The number of aromatic nitrogens is 3. The van der Waals surface area contributed by atoms with Crippen molar-refractivity contribution in [1.82, 2.24) is 20.2 Å². The number of benzene rings is 1.